The zero-order valence-electron chi connectivity index (χ0n) is 13.1. The van der Waals surface area contributed by atoms with E-state index in [1.165, 1.54) is 32.1 Å². The minimum atomic E-state index is -0.452. The monoisotopic (exact) mass is 295 g/mol. The van der Waals surface area contributed by atoms with Gasteiger partial charge in [0.15, 0.2) is 0 Å². The van der Waals surface area contributed by atoms with Crippen molar-refractivity contribution in [1.82, 2.24) is 5.32 Å². The van der Waals surface area contributed by atoms with E-state index in [4.69, 9.17) is 9.15 Å². The predicted molar refractivity (Wildman–Crippen MR) is 83.0 cm³/mol. The van der Waals surface area contributed by atoms with Gasteiger partial charge in [-0.2, -0.15) is 0 Å². The summed E-state index contributed by atoms with van der Waals surface area (Å²) in [6.07, 6.45) is 7.91. The fourth-order valence-electron chi connectivity index (χ4n) is 3.05. The smallest absolute Gasteiger partial charge is 0.129 e. The molecule has 21 heavy (non-hydrogen) atoms. The number of hydrogen-bond donors (Lipinski definition) is 2. The van der Waals surface area contributed by atoms with E-state index in [0.29, 0.717) is 19.8 Å². The van der Waals surface area contributed by atoms with Crippen LogP contribution in [-0.4, -0.2) is 30.9 Å². The third-order valence-corrected chi connectivity index (χ3v) is 4.49. The number of rotatable bonds is 9. The fraction of sp³-hybridized carbons (Fsp3) is 0.765. The second-order valence-electron chi connectivity index (χ2n) is 6.20. The van der Waals surface area contributed by atoms with Crippen LogP contribution in [0.25, 0.3) is 0 Å². The molecular formula is C17H29NO3. The van der Waals surface area contributed by atoms with Gasteiger partial charge in [-0.15, -0.1) is 0 Å². The highest BCUT2D eigenvalue weighted by Crippen LogP contribution is 2.29. The Kier molecular flexibility index (Phi) is 7.27. The lowest BCUT2D eigenvalue weighted by Gasteiger charge is -2.28. The standard InChI is InChI=1S/C17H29NO3/c1-2-14-5-7-15(8-6-14)10-18-11-16(19)12-20-13-17-4-3-9-21-17/h3-4,9,14-16,18-19H,2,5-8,10-13H2,1H3. The molecule has 0 radical (unpaired) electrons. The van der Waals surface area contributed by atoms with Gasteiger partial charge in [0, 0.05) is 6.54 Å². The summed E-state index contributed by atoms with van der Waals surface area (Å²) in [6.45, 7) is 4.68. The summed E-state index contributed by atoms with van der Waals surface area (Å²) in [4.78, 5) is 0. The molecule has 0 bridgehead atoms. The van der Waals surface area contributed by atoms with Crippen molar-refractivity contribution in [1.29, 1.82) is 0 Å². The first-order chi connectivity index (χ1) is 10.3. The topological polar surface area (TPSA) is 54.6 Å². The van der Waals surface area contributed by atoms with Gasteiger partial charge in [0.05, 0.1) is 19.0 Å². The average Bonchev–Trinajstić information content (AvgIpc) is 3.01. The van der Waals surface area contributed by atoms with Gasteiger partial charge in [-0.1, -0.05) is 26.2 Å². The summed E-state index contributed by atoms with van der Waals surface area (Å²) in [5, 5.41) is 13.2. The van der Waals surface area contributed by atoms with Gasteiger partial charge in [-0.25, -0.2) is 0 Å². The maximum absolute atomic E-state index is 9.87. The van der Waals surface area contributed by atoms with E-state index in [-0.39, 0.29) is 0 Å². The van der Waals surface area contributed by atoms with E-state index >= 15 is 0 Å². The van der Waals surface area contributed by atoms with Gasteiger partial charge < -0.3 is 19.6 Å². The van der Waals surface area contributed by atoms with Gasteiger partial charge in [0.1, 0.15) is 12.4 Å². The van der Waals surface area contributed by atoms with Crippen LogP contribution in [0.2, 0.25) is 0 Å². The SMILES string of the molecule is CCC1CCC(CNCC(O)COCc2ccco2)CC1. The number of hydrogen-bond acceptors (Lipinski definition) is 4. The first kappa shape index (κ1) is 16.5. The maximum Gasteiger partial charge on any atom is 0.129 e. The van der Waals surface area contributed by atoms with E-state index in [1.54, 1.807) is 6.26 Å². The molecule has 1 atom stereocenters. The first-order valence-electron chi connectivity index (χ1n) is 8.26. The van der Waals surface area contributed by atoms with Gasteiger partial charge >= 0.3 is 0 Å². The molecule has 0 saturated heterocycles. The molecule has 4 nitrogen and oxygen atoms in total. The van der Waals surface area contributed by atoms with E-state index < -0.39 is 6.10 Å². The Morgan fingerprint density at radius 3 is 2.76 bits per heavy atom. The van der Waals surface area contributed by atoms with Crippen LogP contribution in [-0.2, 0) is 11.3 Å². The van der Waals surface area contributed by atoms with Gasteiger partial charge in [-0.3, -0.25) is 0 Å². The van der Waals surface area contributed by atoms with Crippen LogP contribution in [0.15, 0.2) is 22.8 Å². The normalized spacial score (nSPS) is 24.1. The molecule has 1 unspecified atom stereocenters. The summed E-state index contributed by atoms with van der Waals surface area (Å²) in [5.74, 6) is 2.52. The zero-order valence-corrected chi connectivity index (χ0v) is 13.1. The Morgan fingerprint density at radius 1 is 1.33 bits per heavy atom. The number of furan rings is 1. The molecule has 2 N–H and O–H groups in total. The zero-order chi connectivity index (χ0) is 14.9. The second-order valence-corrected chi connectivity index (χ2v) is 6.20. The van der Waals surface area contributed by atoms with E-state index in [0.717, 1.165) is 24.1 Å². The highest BCUT2D eigenvalue weighted by molar-refractivity contribution is 4.96. The van der Waals surface area contributed by atoms with Crippen molar-refractivity contribution in [3.8, 4) is 0 Å². The Balaban J connectivity index is 1.48. The van der Waals surface area contributed by atoms with Crippen molar-refractivity contribution >= 4 is 0 Å². The fourth-order valence-corrected chi connectivity index (χ4v) is 3.05. The van der Waals surface area contributed by atoms with Gasteiger partial charge in [0.25, 0.3) is 0 Å². The summed E-state index contributed by atoms with van der Waals surface area (Å²) in [5.41, 5.74) is 0. The third kappa shape index (κ3) is 6.20. The number of ether oxygens (including phenoxy) is 1. The molecule has 2 rings (SSSR count). The molecule has 1 saturated carbocycles. The van der Waals surface area contributed by atoms with Crippen LogP contribution >= 0.6 is 0 Å². The molecule has 1 aromatic rings. The van der Waals surface area contributed by atoms with E-state index in [9.17, 15) is 5.11 Å². The van der Waals surface area contributed by atoms with Crippen LogP contribution in [0.1, 0.15) is 44.8 Å². The first-order valence-corrected chi connectivity index (χ1v) is 8.26. The van der Waals surface area contributed by atoms with Crippen LogP contribution in [0.5, 0.6) is 0 Å². The lowest BCUT2D eigenvalue weighted by molar-refractivity contribution is 0.0221. The van der Waals surface area contributed by atoms with Crippen molar-refractivity contribution in [2.45, 2.75) is 51.7 Å². The summed E-state index contributed by atoms with van der Waals surface area (Å²) in [6, 6.07) is 3.71. The molecule has 1 fully saturated rings. The minimum absolute atomic E-state index is 0.344. The van der Waals surface area contributed by atoms with Crippen molar-refractivity contribution in [2.75, 3.05) is 19.7 Å². The molecule has 0 aliphatic heterocycles. The molecule has 1 aliphatic carbocycles. The number of aliphatic hydroxyl groups excluding tert-OH is 1. The molecular weight excluding hydrogens is 266 g/mol. The Morgan fingerprint density at radius 2 is 2.10 bits per heavy atom. The van der Waals surface area contributed by atoms with Crippen molar-refractivity contribution in [2.24, 2.45) is 11.8 Å². The minimum Gasteiger partial charge on any atom is -0.467 e. The highest BCUT2D eigenvalue weighted by Gasteiger charge is 2.19. The van der Waals surface area contributed by atoms with E-state index in [1.807, 2.05) is 12.1 Å². The van der Waals surface area contributed by atoms with Gasteiger partial charge in [-0.05, 0) is 43.4 Å². The third-order valence-electron chi connectivity index (χ3n) is 4.49. The summed E-state index contributed by atoms with van der Waals surface area (Å²) in [7, 11) is 0. The Bertz CT molecular complexity index is 358. The largest absolute Gasteiger partial charge is 0.467 e. The predicted octanol–water partition coefficient (Wildman–Crippen LogP) is 2.96. The molecule has 1 aromatic heterocycles. The van der Waals surface area contributed by atoms with Crippen molar-refractivity contribution in [3.63, 3.8) is 0 Å². The highest BCUT2D eigenvalue weighted by atomic mass is 16.5. The van der Waals surface area contributed by atoms with Crippen LogP contribution in [0, 0.1) is 11.8 Å². The molecule has 0 aromatic carbocycles. The molecule has 0 spiro atoms. The molecule has 1 heterocycles. The lowest BCUT2D eigenvalue weighted by Crippen LogP contribution is -2.34. The van der Waals surface area contributed by atoms with Crippen molar-refractivity contribution in [3.05, 3.63) is 24.2 Å². The van der Waals surface area contributed by atoms with Crippen LogP contribution < -0.4 is 5.32 Å². The molecule has 120 valence electrons. The average molecular weight is 295 g/mol. The lowest BCUT2D eigenvalue weighted by atomic mass is 9.81. The molecule has 0 amide bonds. The van der Waals surface area contributed by atoms with Crippen molar-refractivity contribution < 1.29 is 14.3 Å². The van der Waals surface area contributed by atoms with Crippen LogP contribution in [0.3, 0.4) is 0 Å². The maximum atomic E-state index is 9.87. The Hall–Kier alpha value is -0.840. The van der Waals surface area contributed by atoms with E-state index in [2.05, 4.69) is 12.2 Å². The number of aliphatic hydroxyl groups is 1. The Labute approximate surface area is 127 Å². The molecule has 1 aliphatic rings. The number of nitrogens with one attached hydrogen (secondary N) is 1. The summed E-state index contributed by atoms with van der Waals surface area (Å²) >= 11 is 0. The summed E-state index contributed by atoms with van der Waals surface area (Å²) < 4.78 is 10.6. The quantitative estimate of drug-likeness (QED) is 0.735. The molecule has 4 heteroatoms. The van der Waals surface area contributed by atoms with Crippen LogP contribution in [0.4, 0.5) is 0 Å². The second kappa shape index (κ2) is 9.23. The van der Waals surface area contributed by atoms with Gasteiger partial charge in [0.2, 0.25) is 0 Å².